The van der Waals surface area contributed by atoms with Gasteiger partial charge in [-0.1, -0.05) is 55.4 Å². The van der Waals surface area contributed by atoms with Gasteiger partial charge >= 0.3 is 0 Å². The standard InChI is InChI=1S/C61H70F3N11O7S2/c1-36-26-52(82-69-36)54(60(79)74-33-46(76)28-51(74)59(78)68-37(2)40-6-8-42(9-7-40)57-38(3)67-35-83-57)61(4,5)34-71-24-22-70(23-25-71)31-39-16-19-72(20-17-39)45-12-10-41(11-13-45)43-27-47-48(30-66-58(47)65-29-43)56(77)53-49(63)14-15-50(55(53)64)75(84(80)81)73-21-18-44(62)32-73/h6-15,26-27,29-30,35,37,39,44,46,51,54,76H,16-25,28,31-34H2,1-5H3,(H,65,66)(H,68,78)(H,80,81)/t37-,44+,46+,51-,54+/m0/s1. The molecule has 0 radical (unpaired) electrons. The number of hydrogen-bond donors (Lipinski definition) is 4. The molecule has 4 aliphatic rings. The SMILES string of the molecule is Cc1cc([C@H](C(=O)N2C[C@H](O)C[C@H]2C(=O)N[C@@H](C)c2ccc(-c3scnc3C)cc2)C(C)(C)CN2CCN(CC3CCN(c4ccc(-c5cnc6[nH]cc(C(=O)c7c(F)ccc(N(N8CC[C@@H](F)C8)S(=O)O)c7F)c6c5)cc4)CC3)CC2)on1. The number of piperidine rings is 1. The normalized spacial score (nSPS) is 20.6. The van der Waals surface area contributed by atoms with Crippen LogP contribution in [0.3, 0.4) is 0 Å². The number of aliphatic hydroxyl groups excluding tert-OH is 1. The third kappa shape index (κ3) is 12.3. The van der Waals surface area contributed by atoms with Crippen molar-refractivity contribution in [3.63, 3.8) is 0 Å². The number of fused-ring (bicyclic) bond motifs is 1. The Morgan fingerprint density at radius 3 is 2.27 bits per heavy atom. The van der Waals surface area contributed by atoms with Gasteiger partial charge in [-0.05, 0) is 98.4 Å². The number of H-pyrrole nitrogens is 1. The number of aliphatic hydroxyl groups is 1. The molecule has 8 heterocycles. The Labute approximate surface area is 492 Å². The number of benzene rings is 3. The molecule has 2 amide bonds. The Kier molecular flexibility index (Phi) is 17.3. The summed E-state index contributed by atoms with van der Waals surface area (Å²) in [6.45, 7) is 16.5. The summed E-state index contributed by atoms with van der Waals surface area (Å²) in [4.78, 5) is 64.7. The van der Waals surface area contributed by atoms with E-state index in [2.05, 4.69) is 66.1 Å². The second-order valence-corrected chi connectivity index (χ2v) is 25.2. The van der Waals surface area contributed by atoms with E-state index in [0.717, 1.165) is 104 Å². The molecule has 4 saturated heterocycles. The highest BCUT2D eigenvalue weighted by atomic mass is 32.2. The van der Waals surface area contributed by atoms with Crippen LogP contribution in [0.1, 0.15) is 97.0 Å². The quantitative estimate of drug-likeness (QED) is 0.0468. The van der Waals surface area contributed by atoms with Gasteiger partial charge in [0.1, 0.15) is 41.0 Å². The summed E-state index contributed by atoms with van der Waals surface area (Å²) < 4.78 is 74.5. The van der Waals surface area contributed by atoms with Gasteiger partial charge in [0, 0.05) is 113 Å². The number of carbonyl (C=O) groups is 3. The number of amides is 2. The minimum atomic E-state index is -2.83. The maximum atomic E-state index is 16.2. The lowest BCUT2D eigenvalue weighted by molar-refractivity contribution is -0.143. The number of hydrazine groups is 1. The summed E-state index contributed by atoms with van der Waals surface area (Å²) in [6.07, 6.45) is 3.09. The van der Waals surface area contributed by atoms with Crippen LogP contribution in [-0.2, 0) is 20.9 Å². The average molecular weight is 1190 g/mol. The van der Waals surface area contributed by atoms with Crippen LogP contribution in [0, 0.1) is 36.8 Å². The van der Waals surface area contributed by atoms with Crippen LogP contribution in [0.5, 0.6) is 0 Å². The maximum absolute atomic E-state index is 16.2. The Morgan fingerprint density at radius 2 is 1.62 bits per heavy atom. The van der Waals surface area contributed by atoms with Gasteiger partial charge in [0.2, 0.25) is 17.6 Å². The largest absolute Gasteiger partial charge is 0.391 e. The first-order chi connectivity index (χ1) is 40.3. The predicted octanol–water partition coefficient (Wildman–Crippen LogP) is 8.85. The molecule has 0 bridgehead atoms. The van der Waals surface area contributed by atoms with Crippen LogP contribution >= 0.6 is 11.3 Å². The Bertz CT molecular complexity index is 3550. The van der Waals surface area contributed by atoms with Crippen LogP contribution in [0.25, 0.3) is 32.6 Å². The van der Waals surface area contributed by atoms with Crippen molar-refractivity contribution in [1.82, 2.24) is 45.1 Å². The molecule has 11 rings (SSSR count). The number of anilines is 2. The van der Waals surface area contributed by atoms with E-state index in [4.69, 9.17) is 4.52 Å². The smallest absolute Gasteiger partial charge is 0.277 e. The number of alkyl halides is 1. The van der Waals surface area contributed by atoms with E-state index in [9.17, 15) is 32.6 Å². The monoisotopic (exact) mass is 1190 g/mol. The van der Waals surface area contributed by atoms with Gasteiger partial charge in [0.25, 0.3) is 11.3 Å². The molecule has 0 spiro atoms. The van der Waals surface area contributed by atoms with Crippen molar-refractivity contribution in [3.05, 3.63) is 136 Å². The van der Waals surface area contributed by atoms with Crippen molar-refractivity contribution in [2.24, 2.45) is 11.3 Å². The molecule has 4 N–H and O–H groups in total. The van der Waals surface area contributed by atoms with E-state index in [1.165, 1.54) is 11.2 Å². The van der Waals surface area contributed by atoms with E-state index in [-0.39, 0.29) is 55.9 Å². The molecule has 1 unspecified atom stereocenters. The van der Waals surface area contributed by atoms with Gasteiger partial charge in [0.05, 0.1) is 46.0 Å². The summed E-state index contributed by atoms with van der Waals surface area (Å²) in [7, 11) is 0. The summed E-state index contributed by atoms with van der Waals surface area (Å²) in [5.74, 6) is -3.87. The fraction of sp³-hybridized carbons (Fsp3) is 0.443. The van der Waals surface area contributed by atoms with Crippen molar-refractivity contribution in [1.29, 1.82) is 0 Å². The van der Waals surface area contributed by atoms with E-state index in [1.807, 2.05) is 62.7 Å². The molecule has 84 heavy (non-hydrogen) atoms. The van der Waals surface area contributed by atoms with E-state index in [1.54, 1.807) is 34.6 Å². The molecular weight excluding hydrogens is 1120 g/mol. The zero-order chi connectivity index (χ0) is 59.1. The van der Waals surface area contributed by atoms with Gasteiger partial charge in [-0.15, -0.1) is 11.3 Å². The maximum Gasteiger partial charge on any atom is 0.277 e. The highest BCUT2D eigenvalue weighted by molar-refractivity contribution is 7.80. The molecule has 444 valence electrons. The van der Waals surface area contributed by atoms with Crippen LogP contribution in [0.2, 0.25) is 0 Å². The topological polar surface area (TPSA) is 208 Å². The summed E-state index contributed by atoms with van der Waals surface area (Å²) in [5.41, 5.74) is 6.22. The number of nitrogens with one attached hydrogen (secondary N) is 2. The number of rotatable bonds is 18. The number of thiazole rings is 1. The predicted molar refractivity (Wildman–Crippen MR) is 316 cm³/mol. The molecule has 6 atom stereocenters. The van der Waals surface area contributed by atoms with Gasteiger partial charge < -0.3 is 39.5 Å². The van der Waals surface area contributed by atoms with E-state index >= 15 is 8.78 Å². The van der Waals surface area contributed by atoms with Gasteiger partial charge in [-0.2, -0.15) is 4.41 Å². The molecule has 7 aromatic rings. The van der Waals surface area contributed by atoms with Crippen molar-refractivity contribution < 1.29 is 45.9 Å². The lowest BCUT2D eigenvalue weighted by Gasteiger charge is -2.43. The molecule has 23 heteroatoms. The van der Waals surface area contributed by atoms with Crippen LogP contribution < -0.4 is 14.6 Å². The van der Waals surface area contributed by atoms with Gasteiger partial charge in [-0.3, -0.25) is 18.9 Å². The number of β-amino-alcohol motifs (C(OH)–C–C–N with tert-alkyl or cyclic N) is 1. The van der Waals surface area contributed by atoms with Crippen molar-refractivity contribution in [2.45, 2.75) is 90.6 Å². The van der Waals surface area contributed by atoms with Crippen molar-refractivity contribution in [2.75, 3.05) is 81.3 Å². The zero-order valence-corrected chi connectivity index (χ0v) is 49.3. The summed E-state index contributed by atoms with van der Waals surface area (Å²) in [5, 5.41) is 19.8. The van der Waals surface area contributed by atoms with Gasteiger partial charge in [-0.25, -0.2) is 32.4 Å². The highest BCUT2D eigenvalue weighted by Crippen LogP contribution is 2.41. The van der Waals surface area contributed by atoms with Crippen molar-refractivity contribution >= 4 is 62.6 Å². The molecule has 4 aliphatic heterocycles. The molecule has 0 saturated carbocycles. The number of pyridine rings is 1. The number of aryl methyl sites for hydroxylation is 2. The number of halogens is 3. The fourth-order valence-corrected chi connectivity index (χ4v) is 14.2. The molecule has 4 aromatic heterocycles. The first-order valence-corrected chi connectivity index (χ1v) is 30.6. The minimum Gasteiger partial charge on any atom is -0.391 e. The first-order valence-electron chi connectivity index (χ1n) is 28.6. The van der Waals surface area contributed by atoms with E-state index in [0.29, 0.717) is 44.9 Å². The Morgan fingerprint density at radius 1 is 0.905 bits per heavy atom. The Hall–Kier alpha value is -6.86. The number of aromatic nitrogens is 4. The third-order valence-corrected chi connectivity index (χ3v) is 18.9. The molecule has 3 aromatic carbocycles. The molecule has 18 nitrogen and oxygen atoms in total. The Balaban J connectivity index is 0.677. The van der Waals surface area contributed by atoms with Crippen LogP contribution in [0.15, 0.2) is 95.2 Å². The molecule has 0 aliphatic carbocycles. The summed E-state index contributed by atoms with van der Waals surface area (Å²) in [6, 6.07) is 20.3. The number of carbonyl (C=O) groups excluding carboxylic acids is 3. The average Bonchev–Trinajstić information content (AvgIpc) is 2.82. The fourth-order valence-electron chi connectivity index (χ4n) is 12.7. The minimum absolute atomic E-state index is 0.0291. The summed E-state index contributed by atoms with van der Waals surface area (Å²) >= 11 is -1.25. The highest BCUT2D eigenvalue weighted by Gasteiger charge is 2.48. The number of likely N-dealkylation sites (tertiary alicyclic amines) is 1. The number of piperazine rings is 1. The second-order valence-electron chi connectivity index (χ2n) is 23.6. The van der Waals surface area contributed by atoms with Crippen LogP contribution in [-0.4, -0.2) is 162 Å². The number of hydrogen-bond acceptors (Lipinski definition) is 14. The lowest BCUT2D eigenvalue weighted by atomic mass is 9.75. The number of aromatic amines is 1. The van der Waals surface area contributed by atoms with E-state index < -0.39 is 69.6 Å². The first kappa shape index (κ1) is 58.9. The molecule has 4 fully saturated rings. The number of nitrogens with zero attached hydrogens (tertiary/aromatic N) is 9. The molecular formula is C61H70F3N11O7S2. The number of ketones is 1. The van der Waals surface area contributed by atoms with Crippen LogP contribution in [0.4, 0.5) is 24.5 Å². The zero-order valence-electron chi connectivity index (χ0n) is 47.6. The van der Waals surface area contributed by atoms with Crippen molar-refractivity contribution in [3.8, 4) is 21.6 Å². The van der Waals surface area contributed by atoms with Gasteiger partial charge in [0.15, 0.2) is 5.82 Å². The second kappa shape index (κ2) is 24.6. The lowest BCUT2D eigenvalue weighted by Crippen LogP contribution is -2.54. The third-order valence-electron chi connectivity index (χ3n) is 17.2.